The van der Waals surface area contributed by atoms with Gasteiger partial charge in [0.1, 0.15) is 11.7 Å². The van der Waals surface area contributed by atoms with Gasteiger partial charge in [-0.3, -0.25) is 0 Å². The maximum Gasteiger partial charge on any atom is 0.127 e. The van der Waals surface area contributed by atoms with Crippen LogP contribution in [0.15, 0.2) is 24.3 Å². The number of nitriles is 1. The van der Waals surface area contributed by atoms with E-state index >= 15 is 0 Å². The summed E-state index contributed by atoms with van der Waals surface area (Å²) in [5.74, 6) is 0.793. The molecule has 1 unspecified atom stereocenters. The molecular weight excluding hydrogens is 198 g/mol. The van der Waals surface area contributed by atoms with E-state index in [1.54, 1.807) is 0 Å². The van der Waals surface area contributed by atoms with Crippen LogP contribution in [0.1, 0.15) is 32.0 Å². The van der Waals surface area contributed by atoms with E-state index < -0.39 is 0 Å². The van der Waals surface area contributed by atoms with Gasteiger partial charge in [-0.15, -0.1) is 0 Å². The van der Waals surface area contributed by atoms with Crippen molar-refractivity contribution in [1.29, 1.82) is 5.26 Å². The lowest BCUT2D eigenvalue weighted by Crippen LogP contribution is -2.06. The Morgan fingerprint density at radius 2 is 2.12 bits per heavy atom. The maximum atomic E-state index is 9.12. The zero-order chi connectivity index (χ0) is 11.5. The van der Waals surface area contributed by atoms with Crippen LogP contribution in [-0.4, -0.2) is 9.55 Å². The number of aromatic nitrogens is 2. The van der Waals surface area contributed by atoms with Crippen LogP contribution in [0, 0.1) is 11.3 Å². The summed E-state index contributed by atoms with van der Waals surface area (Å²) in [4.78, 5) is 4.57. The fourth-order valence-corrected chi connectivity index (χ4v) is 2.02. The first-order valence-corrected chi connectivity index (χ1v) is 5.66. The number of rotatable bonds is 3. The number of hydrogen-bond donors (Lipinski definition) is 0. The summed E-state index contributed by atoms with van der Waals surface area (Å²) < 4.78 is 2.13. The average molecular weight is 213 g/mol. The standard InChI is InChI=1S/C13H15N3/c1-3-10(9-14)13-15-11-7-5-6-8-12(11)16(13)4-2/h5-8,10H,3-4H2,1-2H3. The van der Waals surface area contributed by atoms with Gasteiger partial charge in [-0.05, 0) is 25.5 Å². The zero-order valence-electron chi connectivity index (χ0n) is 9.64. The highest BCUT2D eigenvalue weighted by Crippen LogP contribution is 2.23. The molecule has 82 valence electrons. The molecule has 0 fully saturated rings. The number of nitrogens with zero attached hydrogens (tertiary/aromatic N) is 3. The molecule has 0 N–H and O–H groups in total. The summed E-state index contributed by atoms with van der Waals surface area (Å²) >= 11 is 0. The molecule has 0 aliphatic carbocycles. The first-order valence-electron chi connectivity index (χ1n) is 5.66. The predicted molar refractivity (Wildman–Crippen MR) is 64.1 cm³/mol. The van der Waals surface area contributed by atoms with E-state index in [4.69, 9.17) is 5.26 Å². The normalized spacial score (nSPS) is 12.6. The van der Waals surface area contributed by atoms with Crippen molar-refractivity contribution in [3.8, 4) is 6.07 Å². The average Bonchev–Trinajstić information content (AvgIpc) is 2.69. The lowest BCUT2D eigenvalue weighted by molar-refractivity contribution is 0.661. The van der Waals surface area contributed by atoms with Gasteiger partial charge in [0.2, 0.25) is 0 Å². The Hall–Kier alpha value is -1.82. The second-order valence-corrected chi connectivity index (χ2v) is 3.79. The number of benzene rings is 1. The van der Waals surface area contributed by atoms with Crippen molar-refractivity contribution in [3.05, 3.63) is 30.1 Å². The van der Waals surface area contributed by atoms with Crippen LogP contribution >= 0.6 is 0 Å². The Bertz CT molecular complexity index is 534. The molecule has 1 aromatic carbocycles. The largest absolute Gasteiger partial charge is 0.327 e. The molecule has 0 bridgehead atoms. The van der Waals surface area contributed by atoms with Crippen molar-refractivity contribution >= 4 is 11.0 Å². The van der Waals surface area contributed by atoms with Crippen molar-refractivity contribution in [2.75, 3.05) is 0 Å². The van der Waals surface area contributed by atoms with Gasteiger partial charge in [0.25, 0.3) is 0 Å². The minimum absolute atomic E-state index is 0.104. The molecule has 2 rings (SSSR count). The van der Waals surface area contributed by atoms with Gasteiger partial charge in [0.15, 0.2) is 0 Å². The summed E-state index contributed by atoms with van der Waals surface area (Å²) in [7, 11) is 0. The Kier molecular flexibility index (Phi) is 2.91. The van der Waals surface area contributed by atoms with Crippen LogP contribution in [0.4, 0.5) is 0 Å². The van der Waals surface area contributed by atoms with Gasteiger partial charge in [-0.25, -0.2) is 4.98 Å². The lowest BCUT2D eigenvalue weighted by atomic mass is 10.1. The summed E-state index contributed by atoms with van der Waals surface area (Å²) in [6.07, 6.45) is 0.805. The van der Waals surface area contributed by atoms with Crippen molar-refractivity contribution < 1.29 is 0 Å². The van der Waals surface area contributed by atoms with Crippen molar-refractivity contribution in [2.45, 2.75) is 32.7 Å². The first-order chi connectivity index (χ1) is 7.81. The van der Waals surface area contributed by atoms with Gasteiger partial charge < -0.3 is 4.57 Å². The van der Waals surface area contributed by atoms with Crippen LogP contribution < -0.4 is 0 Å². The van der Waals surface area contributed by atoms with E-state index in [9.17, 15) is 0 Å². The third-order valence-electron chi connectivity index (χ3n) is 2.88. The van der Waals surface area contributed by atoms with E-state index in [1.807, 2.05) is 25.1 Å². The molecule has 16 heavy (non-hydrogen) atoms. The van der Waals surface area contributed by atoms with Crippen molar-refractivity contribution in [2.24, 2.45) is 0 Å². The first kappa shape index (κ1) is 10.7. The quantitative estimate of drug-likeness (QED) is 0.786. The summed E-state index contributed by atoms with van der Waals surface area (Å²) in [5.41, 5.74) is 2.10. The van der Waals surface area contributed by atoms with E-state index in [0.717, 1.165) is 29.8 Å². The molecule has 0 amide bonds. The van der Waals surface area contributed by atoms with Crippen LogP contribution in [0.2, 0.25) is 0 Å². The lowest BCUT2D eigenvalue weighted by Gasteiger charge is -2.08. The van der Waals surface area contributed by atoms with Crippen LogP contribution in [-0.2, 0) is 6.54 Å². The molecule has 1 heterocycles. The number of imidazole rings is 1. The van der Waals surface area contributed by atoms with Crippen molar-refractivity contribution in [3.63, 3.8) is 0 Å². The highest BCUT2D eigenvalue weighted by molar-refractivity contribution is 5.76. The van der Waals surface area contributed by atoms with Gasteiger partial charge >= 0.3 is 0 Å². The Morgan fingerprint density at radius 3 is 2.75 bits per heavy atom. The third kappa shape index (κ3) is 1.57. The smallest absolute Gasteiger partial charge is 0.127 e. The monoisotopic (exact) mass is 213 g/mol. The minimum Gasteiger partial charge on any atom is -0.327 e. The van der Waals surface area contributed by atoms with Crippen LogP contribution in [0.25, 0.3) is 11.0 Å². The Morgan fingerprint density at radius 1 is 1.38 bits per heavy atom. The number of aryl methyl sites for hydroxylation is 1. The number of para-hydroxylation sites is 2. The van der Waals surface area contributed by atoms with E-state index in [1.165, 1.54) is 0 Å². The van der Waals surface area contributed by atoms with Crippen LogP contribution in [0.5, 0.6) is 0 Å². The maximum absolute atomic E-state index is 9.12. The highest BCUT2D eigenvalue weighted by Gasteiger charge is 2.17. The molecular formula is C13H15N3. The zero-order valence-corrected chi connectivity index (χ0v) is 9.64. The third-order valence-corrected chi connectivity index (χ3v) is 2.88. The SMILES string of the molecule is CCC(C#N)c1nc2ccccc2n1CC. The van der Waals surface area contributed by atoms with E-state index in [-0.39, 0.29) is 5.92 Å². The molecule has 3 nitrogen and oxygen atoms in total. The predicted octanol–water partition coefficient (Wildman–Crippen LogP) is 3.07. The Labute approximate surface area is 95.3 Å². The number of hydrogen-bond acceptors (Lipinski definition) is 2. The van der Waals surface area contributed by atoms with E-state index in [0.29, 0.717) is 0 Å². The molecule has 0 radical (unpaired) electrons. The Balaban J connectivity index is 2.65. The second kappa shape index (κ2) is 4.36. The van der Waals surface area contributed by atoms with Gasteiger partial charge in [-0.2, -0.15) is 5.26 Å². The van der Waals surface area contributed by atoms with Gasteiger partial charge in [-0.1, -0.05) is 19.1 Å². The topological polar surface area (TPSA) is 41.6 Å². The molecule has 2 aromatic rings. The fraction of sp³-hybridized carbons (Fsp3) is 0.385. The highest BCUT2D eigenvalue weighted by atomic mass is 15.1. The molecule has 1 aromatic heterocycles. The number of fused-ring (bicyclic) bond motifs is 1. The molecule has 0 saturated carbocycles. The molecule has 3 heteroatoms. The van der Waals surface area contributed by atoms with E-state index in [2.05, 4.69) is 28.6 Å². The van der Waals surface area contributed by atoms with Gasteiger partial charge in [0, 0.05) is 6.54 Å². The minimum atomic E-state index is -0.104. The summed E-state index contributed by atoms with van der Waals surface area (Å²) in [6.45, 7) is 4.96. The molecule has 0 aliphatic heterocycles. The molecule has 0 aliphatic rings. The molecule has 0 saturated heterocycles. The second-order valence-electron chi connectivity index (χ2n) is 3.79. The molecule has 1 atom stereocenters. The summed E-state index contributed by atoms with van der Waals surface area (Å²) in [5, 5.41) is 9.12. The molecule has 0 spiro atoms. The van der Waals surface area contributed by atoms with Crippen LogP contribution in [0.3, 0.4) is 0 Å². The van der Waals surface area contributed by atoms with Crippen molar-refractivity contribution in [1.82, 2.24) is 9.55 Å². The fourth-order valence-electron chi connectivity index (χ4n) is 2.02. The summed E-state index contributed by atoms with van der Waals surface area (Å²) in [6, 6.07) is 10.4. The van der Waals surface area contributed by atoms with Gasteiger partial charge in [0.05, 0.1) is 17.1 Å².